The lowest BCUT2D eigenvalue weighted by atomic mass is 10.2. The normalized spacial score (nSPS) is 18.9. The predicted octanol–water partition coefficient (Wildman–Crippen LogP) is 1.18. The highest BCUT2D eigenvalue weighted by molar-refractivity contribution is 7.12. The van der Waals surface area contributed by atoms with Crippen molar-refractivity contribution in [2.75, 3.05) is 31.2 Å². The van der Waals surface area contributed by atoms with Crippen LogP contribution in [0.1, 0.15) is 23.0 Å². The lowest BCUT2D eigenvalue weighted by Crippen LogP contribution is -2.54. The van der Waals surface area contributed by atoms with Crippen LogP contribution in [-0.2, 0) is 9.53 Å². The van der Waals surface area contributed by atoms with Gasteiger partial charge in [-0.15, -0.1) is 11.3 Å². The first kappa shape index (κ1) is 14.8. The van der Waals surface area contributed by atoms with Gasteiger partial charge in [-0.2, -0.15) is 0 Å². The molecule has 0 saturated carbocycles. The second kappa shape index (κ2) is 6.71. The molecule has 2 rings (SSSR count). The fourth-order valence-electron chi connectivity index (χ4n) is 2.08. The van der Waals surface area contributed by atoms with E-state index in [1.165, 1.54) is 11.3 Å². The Morgan fingerprint density at radius 1 is 1.60 bits per heavy atom. The fraction of sp³-hybridized carbons (Fsp3) is 0.538. The van der Waals surface area contributed by atoms with Gasteiger partial charge in [0.15, 0.2) is 0 Å². The van der Waals surface area contributed by atoms with Gasteiger partial charge in [0, 0.05) is 24.2 Å². The summed E-state index contributed by atoms with van der Waals surface area (Å²) in [5, 5.41) is 13.6. The summed E-state index contributed by atoms with van der Waals surface area (Å²) in [6, 6.07) is 1.21. The van der Waals surface area contributed by atoms with E-state index >= 15 is 0 Å². The molecule has 1 aromatic heterocycles. The number of carbonyl (C=O) groups excluding carboxylic acids is 1. The van der Waals surface area contributed by atoms with Gasteiger partial charge in [0.05, 0.1) is 13.2 Å². The number of thiophene rings is 1. The summed E-state index contributed by atoms with van der Waals surface area (Å²) >= 11 is 1.17. The number of hydrogen-bond donors (Lipinski definition) is 2. The molecule has 1 unspecified atom stereocenters. The predicted molar refractivity (Wildman–Crippen MR) is 76.5 cm³/mol. The van der Waals surface area contributed by atoms with Crippen LogP contribution in [0.15, 0.2) is 11.4 Å². The van der Waals surface area contributed by atoms with Gasteiger partial charge in [-0.3, -0.25) is 4.79 Å². The summed E-state index contributed by atoms with van der Waals surface area (Å²) in [4.78, 5) is 25.3. The van der Waals surface area contributed by atoms with Gasteiger partial charge in [-0.05, 0) is 12.5 Å². The first-order valence-corrected chi connectivity index (χ1v) is 7.45. The number of carbonyl (C=O) groups is 2. The molecule has 1 atom stereocenters. The van der Waals surface area contributed by atoms with Gasteiger partial charge < -0.3 is 20.1 Å². The Kier molecular flexibility index (Phi) is 4.97. The van der Waals surface area contributed by atoms with E-state index in [1.54, 1.807) is 11.4 Å². The summed E-state index contributed by atoms with van der Waals surface area (Å²) in [6.07, 6.45) is 0.876. The third kappa shape index (κ3) is 3.29. The average molecular weight is 298 g/mol. The van der Waals surface area contributed by atoms with Crippen LogP contribution in [0.25, 0.3) is 0 Å². The van der Waals surface area contributed by atoms with Crippen LogP contribution in [0.3, 0.4) is 0 Å². The second-order valence-corrected chi connectivity index (χ2v) is 5.46. The van der Waals surface area contributed by atoms with Crippen LogP contribution in [-0.4, -0.2) is 49.3 Å². The van der Waals surface area contributed by atoms with Crippen LogP contribution in [0.4, 0.5) is 5.69 Å². The van der Waals surface area contributed by atoms with E-state index < -0.39 is 12.0 Å². The van der Waals surface area contributed by atoms with Crippen LogP contribution in [0, 0.1) is 0 Å². The molecule has 1 aromatic rings. The molecule has 20 heavy (non-hydrogen) atoms. The van der Waals surface area contributed by atoms with Gasteiger partial charge in [-0.1, -0.05) is 6.92 Å². The molecule has 1 aliphatic heterocycles. The number of hydrogen-bond acceptors (Lipinski definition) is 5. The van der Waals surface area contributed by atoms with E-state index in [-0.39, 0.29) is 10.8 Å². The minimum absolute atomic E-state index is 0.0744. The molecule has 0 aliphatic carbocycles. The number of carboxylic acids is 1. The summed E-state index contributed by atoms with van der Waals surface area (Å²) in [5.41, 5.74) is 0.771. The number of morpholine rings is 1. The Morgan fingerprint density at radius 2 is 2.40 bits per heavy atom. The van der Waals surface area contributed by atoms with Crippen molar-refractivity contribution in [3.05, 3.63) is 16.3 Å². The maximum absolute atomic E-state index is 12.1. The molecule has 0 spiro atoms. The fourth-order valence-corrected chi connectivity index (χ4v) is 2.83. The zero-order chi connectivity index (χ0) is 14.5. The maximum Gasteiger partial charge on any atom is 0.345 e. The average Bonchev–Trinajstić information content (AvgIpc) is 2.94. The zero-order valence-corrected chi connectivity index (χ0v) is 12.1. The number of nitrogens with one attached hydrogen (secondary N) is 1. The van der Waals surface area contributed by atoms with E-state index in [9.17, 15) is 9.59 Å². The lowest BCUT2D eigenvalue weighted by Gasteiger charge is -2.35. The highest BCUT2D eigenvalue weighted by Crippen LogP contribution is 2.26. The van der Waals surface area contributed by atoms with Crippen LogP contribution >= 0.6 is 11.3 Å². The SMILES string of the molecule is CCCNC(=O)C1COCCN1c1csc(C(=O)O)c1. The van der Waals surface area contributed by atoms with Crippen molar-refractivity contribution in [1.29, 1.82) is 0 Å². The third-order valence-corrected chi connectivity index (χ3v) is 4.01. The maximum atomic E-state index is 12.1. The van der Waals surface area contributed by atoms with Crippen molar-refractivity contribution in [3.8, 4) is 0 Å². The summed E-state index contributed by atoms with van der Waals surface area (Å²) in [6.45, 7) is 4.07. The molecule has 0 aromatic carbocycles. The van der Waals surface area contributed by atoms with Crippen molar-refractivity contribution in [2.45, 2.75) is 19.4 Å². The van der Waals surface area contributed by atoms with Crippen molar-refractivity contribution in [3.63, 3.8) is 0 Å². The Hall–Kier alpha value is -1.60. The number of aromatic carboxylic acids is 1. The Bertz CT molecular complexity index is 488. The monoisotopic (exact) mass is 298 g/mol. The van der Waals surface area contributed by atoms with Crippen molar-refractivity contribution in [2.24, 2.45) is 0 Å². The molecule has 2 heterocycles. The first-order valence-electron chi connectivity index (χ1n) is 6.57. The molecule has 6 nitrogen and oxygen atoms in total. The lowest BCUT2D eigenvalue weighted by molar-refractivity contribution is -0.124. The Labute approximate surface area is 121 Å². The summed E-state index contributed by atoms with van der Waals surface area (Å²) in [5.74, 6) is -1.02. The van der Waals surface area contributed by atoms with E-state index in [1.807, 2.05) is 11.8 Å². The minimum atomic E-state index is -0.943. The third-order valence-electron chi connectivity index (χ3n) is 3.11. The molecule has 1 fully saturated rings. The highest BCUT2D eigenvalue weighted by atomic mass is 32.1. The standard InChI is InChI=1S/C13H18N2O4S/c1-2-3-14-12(16)10-7-19-5-4-15(10)9-6-11(13(17)18)20-8-9/h6,8,10H,2-5,7H2,1H3,(H,14,16)(H,17,18). The van der Waals surface area contributed by atoms with E-state index in [2.05, 4.69) is 5.32 Å². The van der Waals surface area contributed by atoms with Crippen molar-refractivity contribution < 1.29 is 19.4 Å². The topological polar surface area (TPSA) is 78.9 Å². The van der Waals surface area contributed by atoms with Crippen LogP contribution in [0.2, 0.25) is 0 Å². The molecule has 0 radical (unpaired) electrons. The Balaban J connectivity index is 2.13. The molecule has 110 valence electrons. The zero-order valence-electron chi connectivity index (χ0n) is 11.3. The summed E-state index contributed by atoms with van der Waals surface area (Å²) < 4.78 is 5.37. The Morgan fingerprint density at radius 3 is 3.05 bits per heavy atom. The smallest absolute Gasteiger partial charge is 0.345 e. The van der Waals surface area contributed by atoms with Crippen molar-refractivity contribution >= 4 is 28.9 Å². The number of amides is 1. The van der Waals surface area contributed by atoms with Gasteiger partial charge >= 0.3 is 5.97 Å². The molecule has 2 N–H and O–H groups in total. The molecule has 7 heteroatoms. The van der Waals surface area contributed by atoms with Gasteiger partial charge in [0.2, 0.25) is 5.91 Å². The molecule has 1 saturated heterocycles. The van der Waals surface area contributed by atoms with Gasteiger partial charge in [0.25, 0.3) is 0 Å². The number of nitrogens with zero attached hydrogens (tertiary/aromatic N) is 1. The number of carboxylic acid groups (broad SMARTS) is 1. The van der Waals surface area contributed by atoms with E-state index in [0.717, 1.165) is 12.1 Å². The number of rotatable bonds is 5. The number of anilines is 1. The molecule has 1 aliphatic rings. The van der Waals surface area contributed by atoms with Gasteiger partial charge in [-0.25, -0.2) is 4.79 Å². The molecule has 0 bridgehead atoms. The quantitative estimate of drug-likeness (QED) is 0.853. The number of ether oxygens (including phenoxy) is 1. The van der Waals surface area contributed by atoms with E-state index in [0.29, 0.717) is 26.3 Å². The second-order valence-electron chi connectivity index (χ2n) is 4.55. The summed E-state index contributed by atoms with van der Waals surface area (Å²) in [7, 11) is 0. The molecular weight excluding hydrogens is 280 g/mol. The largest absolute Gasteiger partial charge is 0.477 e. The molecule has 1 amide bonds. The van der Waals surface area contributed by atoms with Crippen molar-refractivity contribution in [1.82, 2.24) is 5.32 Å². The van der Waals surface area contributed by atoms with E-state index in [4.69, 9.17) is 9.84 Å². The van der Waals surface area contributed by atoms with Gasteiger partial charge in [0.1, 0.15) is 10.9 Å². The minimum Gasteiger partial charge on any atom is -0.477 e. The van der Waals surface area contributed by atoms with Crippen LogP contribution in [0.5, 0.6) is 0 Å². The van der Waals surface area contributed by atoms with Crippen LogP contribution < -0.4 is 10.2 Å². The first-order chi connectivity index (χ1) is 9.63. The molecular formula is C13H18N2O4S. The highest BCUT2D eigenvalue weighted by Gasteiger charge is 2.30.